The lowest BCUT2D eigenvalue weighted by Crippen LogP contribution is -2.40. The number of nitrogens with one attached hydrogen (secondary N) is 2. The van der Waals surface area contributed by atoms with Crippen molar-refractivity contribution in [2.75, 3.05) is 5.32 Å². The number of hydrogen-bond acceptors (Lipinski definition) is 2. The van der Waals surface area contributed by atoms with Crippen LogP contribution in [0.15, 0.2) is 36.7 Å². The molecule has 1 heterocycles. The van der Waals surface area contributed by atoms with E-state index >= 15 is 0 Å². The van der Waals surface area contributed by atoms with Crippen molar-refractivity contribution in [3.05, 3.63) is 47.8 Å². The Morgan fingerprint density at radius 3 is 2.64 bits per heavy atom. The molecule has 22 heavy (non-hydrogen) atoms. The van der Waals surface area contributed by atoms with E-state index in [-0.39, 0.29) is 5.56 Å². The van der Waals surface area contributed by atoms with E-state index in [4.69, 9.17) is 0 Å². The molecule has 0 saturated heterocycles. The van der Waals surface area contributed by atoms with Crippen LogP contribution >= 0.6 is 0 Å². The SMILES string of the molecule is Cc1cccc([C@H](NC(=O)Nc2cnn(C)c2)C(F)(F)F)c1. The zero-order valence-electron chi connectivity index (χ0n) is 12.0. The summed E-state index contributed by atoms with van der Waals surface area (Å²) in [4.78, 5) is 11.8. The third kappa shape index (κ3) is 4.00. The van der Waals surface area contributed by atoms with Gasteiger partial charge in [-0.15, -0.1) is 0 Å². The molecule has 2 aromatic rings. The van der Waals surface area contributed by atoms with Gasteiger partial charge in [-0.1, -0.05) is 29.8 Å². The molecule has 1 aromatic carbocycles. The minimum Gasteiger partial charge on any atom is -0.322 e. The van der Waals surface area contributed by atoms with Gasteiger partial charge in [0.05, 0.1) is 11.9 Å². The van der Waals surface area contributed by atoms with Crippen molar-refractivity contribution in [3.8, 4) is 0 Å². The van der Waals surface area contributed by atoms with Gasteiger partial charge < -0.3 is 10.6 Å². The van der Waals surface area contributed by atoms with E-state index in [0.29, 0.717) is 11.3 Å². The molecule has 0 aliphatic rings. The molecule has 0 saturated carbocycles. The Balaban J connectivity index is 2.15. The number of benzene rings is 1. The van der Waals surface area contributed by atoms with Gasteiger partial charge in [-0.25, -0.2) is 4.79 Å². The molecular formula is C14H15F3N4O. The standard InChI is InChI=1S/C14H15F3N4O/c1-9-4-3-5-10(6-9)12(14(15,16)17)20-13(22)19-11-7-18-21(2)8-11/h3-8,12H,1-2H3,(H2,19,20,22)/t12-/m0/s1. The number of carbonyl (C=O) groups is 1. The molecular weight excluding hydrogens is 297 g/mol. The first-order chi connectivity index (χ1) is 10.3. The highest BCUT2D eigenvalue weighted by atomic mass is 19.4. The molecule has 0 fully saturated rings. The first kappa shape index (κ1) is 15.9. The number of rotatable bonds is 3. The van der Waals surface area contributed by atoms with Crippen LogP contribution in [0.1, 0.15) is 17.2 Å². The molecule has 2 rings (SSSR count). The lowest BCUT2D eigenvalue weighted by atomic mass is 10.0. The summed E-state index contributed by atoms with van der Waals surface area (Å²) in [6, 6.07) is 2.90. The quantitative estimate of drug-likeness (QED) is 0.914. The molecule has 1 atom stereocenters. The number of urea groups is 1. The van der Waals surface area contributed by atoms with Gasteiger partial charge in [-0.3, -0.25) is 4.68 Å². The molecule has 5 nitrogen and oxygen atoms in total. The van der Waals surface area contributed by atoms with E-state index in [2.05, 4.69) is 10.4 Å². The van der Waals surface area contributed by atoms with Crippen molar-refractivity contribution < 1.29 is 18.0 Å². The Bertz CT molecular complexity index is 666. The number of alkyl halides is 3. The summed E-state index contributed by atoms with van der Waals surface area (Å²) in [5.41, 5.74) is 0.972. The number of amides is 2. The van der Waals surface area contributed by atoms with E-state index in [0.717, 1.165) is 0 Å². The second-order valence-electron chi connectivity index (χ2n) is 4.89. The number of hydrogen-bond donors (Lipinski definition) is 2. The van der Waals surface area contributed by atoms with Crippen LogP contribution in [0.5, 0.6) is 0 Å². The van der Waals surface area contributed by atoms with Crippen molar-refractivity contribution in [2.24, 2.45) is 7.05 Å². The molecule has 2 N–H and O–H groups in total. The largest absolute Gasteiger partial charge is 0.412 e. The molecule has 1 aromatic heterocycles. The maximum atomic E-state index is 13.2. The monoisotopic (exact) mass is 312 g/mol. The predicted octanol–water partition coefficient (Wildman–Crippen LogP) is 3.15. The van der Waals surface area contributed by atoms with Gasteiger partial charge in [-0.05, 0) is 12.5 Å². The van der Waals surface area contributed by atoms with Gasteiger partial charge >= 0.3 is 12.2 Å². The summed E-state index contributed by atoms with van der Waals surface area (Å²) in [7, 11) is 1.63. The third-order valence-electron chi connectivity index (χ3n) is 2.94. The van der Waals surface area contributed by atoms with Crippen LogP contribution < -0.4 is 10.6 Å². The lowest BCUT2D eigenvalue weighted by molar-refractivity contribution is -0.154. The first-order valence-corrected chi connectivity index (χ1v) is 6.45. The smallest absolute Gasteiger partial charge is 0.322 e. The summed E-state index contributed by atoms with van der Waals surface area (Å²) in [6.45, 7) is 1.69. The topological polar surface area (TPSA) is 59.0 Å². The highest BCUT2D eigenvalue weighted by molar-refractivity contribution is 5.89. The van der Waals surface area contributed by atoms with E-state index < -0.39 is 18.2 Å². The Morgan fingerprint density at radius 2 is 2.09 bits per heavy atom. The molecule has 0 aliphatic heterocycles. The minimum atomic E-state index is -4.60. The zero-order chi connectivity index (χ0) is 16.3. The van der Waals surface area contributed by atoms with Gasteiger partial charge in [0, 0.05) is 13.2 Å². The van der Waals surface area contributed by atoms with Gasteiger partial charge in [0.25, 0.3) is 0 Å². The van der Waals surface area contributed by atoms with E-state index in [1.54, 1.807) is 20.0 Å². The van der Waals surface area contributed by atoms with E-state index in [9.17, 15) is 18.0 Å². The van der Waals surface area contributed by atoms with E-state index in [1.807, 2.05) is 5.32 Å². The molecule has 0 radical (unpaired) electrons. The van der Waals surface area contributed by atoms with Crippen LogP contribution in [-0.4, -0.2) is 22.0 Å². The second kappa shape index (κ2) is 6.08. The highest BCUT2D eigenvalue weighted by Gasteiger charge is 2.42. The molecule has 118 valence electrons. The number of anilines is 1. The van der Waals surface area contributed by atoms with Crippen LogP contribution in [-0.2, 0) is 7.05 Å². The van der Waals surface area contributed by atoms with Crippen molar-refractivity contribution in [1.82, 2.24) is 15.1 Å². The van der Waals surface area contributed by atoms with Crippen LogP contribution in [0.2, 0.25) is 0 Å². The fourth-order valence-corrected chi connectivity index (χ4v) is 1.99. The molecule has 8 heteroatoms. The Kier molecular flexibility index (Phi) is 4.39. The Hall–Kier alpha value is -2.51. The number of halogens is 3. The van der Waals surface area contributed by atoms with Crippen LogP contribution in [0.4, 0.5) is 23.7 Å². The number of aromatic nitrogens is 2. The molecule has 0 unspecified atom stereocenters. The fraction of sp³-hybridized carbons (Fsp3) is 0.286. The number of carbonyl (C=O) groups excluding carboxylic acids is 1. The van der Waals surface area contributed by atoms with Crippen LogP contribution in [0, 0.1) is 6.92 Å². The maximum absolute atomic E-state index is 13.2. The summed E-state index contributed by atoms with van der Waals surface area (Å²) < 4.78 is 41.0. The van der Waals surface area contributed by atoms with Crippen molar-refractivity contribution in [2.45, 2.75) is 19.1 Å². The maximum Gasteiger partial charge on any atom is 0.412 e. The van der Waals surface area contributed by atoms with Crippen molar-refractivity contribution >= 4 is 11.7 Å². The average molecular weight is 312 g/mol. The second-order valence-corrected chi connectivity index (χ2v) is 4.89. The Labute approximate surface area is 125 Å². The number of aryl methyl sites for hydroxylation is 2. The van der Waals surface area contributed by atoms with Crippen molar-refractivity contribution in [3.63, 3.8) is 0 Å². The molecule has 0 bridgehead atoms. The van der Waals surface area contributed by atoms with Crippen LogP contribution in [0.25, 0.3) is 0 Å². The van der Waals surface area contributed by atoms with Gasteiger partial charge in [-0.2, -0.15) is 18.3 Å². The molecule has 0 aliphatic carbocycles. The predicted molar refractivity (Wildman–Crippen MR) is 75.3 cm³/mol. The summed E-state index contributed by atoms with van der Waals surface area (Å²) in [6.07, 6.45) is -1.77. The zero-order valence-corrected chi connectivity index (χ0v) is 12.0. The first-order valence-electron chi connectivity index (χ1n) is 6.45. The lowest BCUT2D eigenvalue weighted by Gasteiger charge is -2.22. The molecule has 2 amide bonds. The summed E-state index contributed by atoms with van der Waals surface area (Å²) in [5.74, 6) is 0. The minimum absolute atomic E-state index is 0.0196. The van der Waals surface area contributed by atoms with Crippen LogP contribution in [0.3, 0.4) is 0 Å². The normalized spacial score (nSPS) is 12.8. The van der Waals surface area contributed by atoms with Crippen molar-refractivity contribution in [1.29, 1.82) is 0 Å². The summed E-state index contributed by atoms with van der Waals surface area (Å²) >= 11 is 0. The third-order valence-corrected chi connectivity index (χ3v) is 2.94. The summed E-state index contributed by atoms with van der Waals surface area (Å²) in [5, 5.41) is 8.08. The number of nitrogens with zero attached hydrogens (tertiary/aromatic N) is 2. The Morgan fingerprint density at radius 1 is 1.36 bits per heavy atom. The van der Waals surface area contributed by atoms with Gasteiger partial charge in [0.2, 0.25) is 0 Å². The average Bonchev–Trinajstić information content (AvgIpc) is 2.80. The fourth-order valence-electron chi connectivity index (χ4n) is 1.99. The van der Waals surface area contributed by atoms with E-state index in [1.165, 1.54) is 35.3 Å². The van der Waals surface area contributed by atoms with Gasteiger partial charge in [0.1, 0.15) is 0 Å². The van der Waals surface area contributed by atoms with Gasteiger partial charge in [0.15, 0.2) is 6.04 Å². The molecule has 0 spiro atoms. The highest BCUT2D eigenvalue weighted by Crippen LogP contribution is 2.33.